The van der Waals surface area contributed by atoms with Crippen molar-refractivity contribution in [3.05, 3.63) is 23.9 Å². The van der Waals surface area contributed by atoms with Gasteiger partial charge in [-0.3, -0.25) is 4.90 Å². The fourth-order valence-corrected chi connectivity index (χ4v) is 2.74. The lowest BCUT2D eigenvalue weighted by Gasteiger charge is -2.32. The molecule has 1 aromatic rings. The molecule has 4 nitrogen and oxygen atoms in total. The lowest BCUT2D eigenvalue weighted by molar-refractivity contribution is 0.162. The van der Waals surface area contributed by atoms with Gasteiger partial charge in [0.25, 0.3) is 0 Å². The highest BCUT2D eigenvalue weighted by molar-refractivity contribution is 5.15. The van der Waals surface area contributed by atoms with E-state index in [-0.39, 0.29) is 0 Å². The Morgan fingerprint density at radius 2 is 2.30 bits per heavy atom. The number of rotatable bonds is 6. The van der Waals surface area contributed by atoms with E-state index in [1.54, 1.807) is 7.11 Å². The van der Waals surface area contributed by atoms with Gasteiger partial charge < -0.3 is 10.1 Å². The summed E-state index contributed by atoms with van der Waals surface area (Å²) in [5.74, 6) is 1.46. The van der Waals surface area contributed by atoms with E-state index in [9.17, 15) is 0 Å². The smallest absolute Gasteiger partial charge is 0.213 e. The maximum absolute atomic E-state index is 5.21. The van der Waals surface area contributed by atoms with Gasteiger partial charge in [-0.15, -0.1) is 0 Å². The summed E-state index contributed by atoms with van der Waals surface area (Å²) in [5.41, 5.74) is 1.09. The molecule has 112 valence electrons. The predicted molar refractivity (Wildman–Crippen MR) is 81.9 cm³/mol. The highest BCUT2D eigenvalue weighted by Gasteiger charge is 2.19. The third-order valence-electron chi connectivity index (χ3n) is 3.98. The van der Waals surface area contributed by atoms with E-state index in [0.717, 1.165) is 31.2 Å². The Bertz CT molecular complexity index is 402. The van der Waals surface area contributed by atoms with Gasteiger partial charge >= 0.3 is 0 Å². The molecule has 1 aliphatic heterocycles. The number of hydrogen-bond acceptors (Lipinski definition) is 4. The standard InChI is InChI=1S/C16H27N3O/c1-13(2)19(11-14-6-5-9-17-10-14)12-15-7-4-8-16(18-15)20-3/h4,7-8,13-14,17H,5-6,9-12H2,1-3H3. The SMILES string of the molecule is COc1cccc(CN(CC2CCCNC2)C(C)C)n1. The van der Waals surface area contributed by atoms with Gasteiger partial charge in [0, 0.05) is 25.2 Å². The second-order valence-corrected chi connectivity index (χ2v) is 5.91. The van der Waals surface area contributed by atoms with E-state index in [0.29, 0.717) is 11.9 Å². The van der Waals surface area contributed by atoms with Crippen molar-refractivity contribution in [2.24, 2.45) is 5.92 Å². The molecule has 0 aliphatic carbocycles. The van der Waals surface area contributed by atoms with E-state index in [4.69, 9.17) is 4.74 Å². The van der Waals surface area contributed by atoms with Crippen molar-refractivity contribution >= 4 is 0 Å². The summed E-state index contributed by atoms with van der Waals surface area (Å²) in [4.78, 5) is 7.04. The van der Waals surface area contributed by atoms with Gasteiger partial charge in [-0.05, 0) is 51.8 Å². The van der Waals surface area contributed by atoms with Crippen LogP contribution in [-0.4, -0.2) is 42.7 Å². The number of pyridine rings is 1. The lowest BCUT2D eigenvalue weighted by atomic mass is 9.98. The summed E-state index contributed by atoms with van der Waals surface area (Å²) in [6, 6.07) is 6.53. The molecule has 20 heavy (non-hydrogen) atoms. The van der Waals surface area contributed by atoms with Crippen LogP contribution in [0.2, 0.25) is 0 Å². The predicted octanol–water partition coefficient (Wildman–Crippen LogP) is 2.30. The van der Waals surface area contributed by atoms with Crippen molar-refractivity contribution in [3.8, 4) is 5.88 Å². The van der Waals surface area contributed by atoms with Crippen LogP contribution in [0.4, 0.5) is 0 Å². The van der Waals surface area contributed by atoms with Crippen molar-refractivity contribution in [1.29, 1.82) is 0 Å². The first-order chi connectivity index (χ1) is 9.69. The number of ether oxygens (including phenoxy) is 1. The van der Waals surface area contributed by atoms with Crippen LogP contribution in [0.15, 0.2) is 18.2 Å². The van der Waals surface area contributed by atoms with Gasteiger partial charge in [0.15, 0.2) is 0 Å². The van der Waals surface area contributed by atoms with Crippen molar-refractivity contribution in [2.75, 3.05) is 26.7 Å². The molecule has 1 aromatic heterocycles. The van der Waals surface area contributed by atoms with Crippen LogP contribution >= 0.6 is 0 Å². The zero-order valence-corrected chi connectivity index (χ0v) is 12.9. The number of nitrogens with one attached hydrogen (secondary N) is 1. The highest BCUT2D eigenvalue weighted by atomic mass is 16.5. The summed E-state index contributed by atoms with van der Waals surface area (Å²) in [6.45, 7) is 8.88. The van der Waals surface area contributed by atoms with Crippen LogP contribution in [-0.2, 0) is 6.54 Å². The molecule has 1 aliphatic rings. The largest absolute Gasteiger partial charge is 0.481 e. The average Bonchev–Trinajstić information content (AvgIpc) is 2.48. The molecule has 4 heteroatoms. The Hall–Kier alpha value is -1.13. The van der Waals surface area contributed by atoms with Gasteiger partial charge in [0.1, 0.15) is 0 Å². The van der Waals surface area contributed by atoms with E-state index in [1.807, 2.05) is 12.1 Å². The lowest BCUT2D eigenvalue weighted by Crippen LogP contribution is -2.40. The molecule has 2 rings (SSSR count). The molecule has 0 radical (unpaired) electrons. The fraction of sp³-hybridized carbons (Fsp3) is 0.688. The van der Waals surface area contributed by atoms with Crippen LogP contribution in [0.5, 0.6) is 5.88 Å². The van der Waals surface area contributed by atoms with Gasteiger partial charge in [-0.1, -0.05) is 6.07 Å². The molecule has 1 fully saturated rings. The number of nitrogens with zero attached hydrogens (tertiary/aromatic N) is 2. The molecule has 0 aromatic carbocycles. The zero-order chi connectivity index (χ0) is 14.4. The molecule has 1 unspecified atom stereocenters. The molecule has 0 spiro atoms. The minimum Gasteiger partial charge on any atom is -0.481 e. The van der Waals surface area contributed by atoms with Gasteiger partial charge in [-0.25, -0.2) is 4.98 Å². The van der Waals surface area contributed by atoms with E-state index >= 15 is 0 Å². The minimum atomic E-state index is 0.532. The van der Waals surface area contributed by atoms with Crippen LogP contribution < -0.4 is 10.1 Å². The third-order valence-corrected chi connectivity index (χ3v) is 3.98. The molecular formula is C16H27N3O. The quantitative estimate of drug-likeness (QED) is 0.866. The average molecular weight is 277 g/mol. The van der Waals surface area contributed by atoms with Crippen molar-refractivity contribution in [2.45, 2.75) is 39.3 Å². The number of methoxy groups -OCH3 is 1. The summed E-state index contributed by atoms with van der Waals surface area (Å²) in [7, 11) is 1.67. The van der Waals surface area contributed by atoms with Crippen LogP contribution in [0, 0.1) is 5.92 Å². The molecule has 0 saturated carbocycles. The summed E-state index contributed by atoms with van der Waals surface area (Å²) < 4.78 is 5.21. The van der Waals surface area contributed by atoms with Crippen LogP contribution in [0.25, 0.3) is 0 Å². The van der Waals surface area contributed by atoms with Gasteiger partial charge in [0.2, 0.25) is 5.88 Å². The topological polar surface area (TPSA) is 37.4 Å². The number of aromatic nitrogens is 1. The number of hydrogen-bond donors (Lipinski definition) is 1. The normalized spacial score (nSPS) is 19.6. The molecule has 0 bridgehead atoms. The highest BCUT2D eigenvalue weighted by Crippen LogP contribution is 2.16. The molecule has 2 heterocycles. The molecular weight excluding hydrogens is 250 g/mol. The second kappa shape index (κ2) is 7.60. The number of piperidine rings is 1. The van der Waals surface area contributed by atoms with Crippen LogP contribution in [0.1, 0.15) is 32.4 Å². The van der Waals surface area contributed by atoms with Gasteiger partial charge in [0.05, 0.1) is 12.8 Å². The maximum Gasteiger partial charge on any atom is 0.213 e. The molecule has 1 saturated heterocycles. The van der Waals surface area contributed by atoms with E-state index in [2.05, 4.69) is 35.1 Å². The molecule has 0 amide bonds. The van der Waals surface area contributed by atoms with Crippen LogP contribution in [0.3, 0.4) is 0 Å². The Balaban J connectivity index is 1.97. The third kappa shape index (κ3) is 4.46. The van der Waals surface area contributed by atoms with E-state index in [1.165, 1.54) is 19.4 Å². The molecule has 1 atom stereocenters. The maximum atomic E-state index is 5.21. The Morgan fingerprint density at radius 3 is 2.95 bits per heavy atom. The fourth-order valence-electron chi connectivity index (χ4n) is 2.74. The van der Waals surface area contributed by atoms with E-state index < -0.39 is 0 Å². The summed E-state index contributed by atoms with van der Waals surface area (Å²) in [5, 5.41) is 3.50. The first-order valence-corrected chi connectivity index (χ1v) is 7.63. The molecule has 1 N–H and O–H groups in total. The minimum absolute atomic E-state index is 0.532. The summed E-state index contributed by atoms with van der Waals surface area (Å²) in [6.07, 6.45) is 2.63. The Labute approximate surface area is 122 Å². The summed E-state index contributed by atoms with van der Waals surface area (Å²) >= 11 is 0. The van der Waals surface area contributed by atoms with Crippen molar-refractivity contribution in [3.63, 3.8) is 0 Å². The van der Waals surface area contributed by atoms with Crippen molar-refractivity contribution in [1.82, 2.24) is 15.2 Å². The first kappa shape index (κ1) is 15.3. The Morgan fingerprint density at radius 1 is 1.45 bits per heavy atom. The monoisotopic (exact) mass is 277 g/mol. The van der Waals surface area contributed by atoms with Crippen molar-refractivity contribution < 1.29 is 4.74 Å². The zero-order valence-electron chi connectivity index (χ0n) is 12.9. The Kier molecular flexibility index (Phi) is 5.80. The second-order valence-electron chi connectivity index (χ2n) is 5.91. The van der Waals surface area contributed by atoms with Gasteiger partial charge in [-0.2, -0.15) is 0 Å². The first-order valence-electron chi connectivity index (χ1n) is 7.63.